The fraction of sp³-hybridized carbons (Fsp3) is 0.357. The lowest BCUT2D eigenvalue weighted by Crippen LogP contribution is -1.99. The van der Waals surface area contributed by atoms with E-state index < -0.39 is 0 Å². The summed E-state index contributed by atoms with van der Waals surface area (Å²) in [5.41, 5.74) is 9.42. The molecule has 0 aliphatic heterocycles. The van der Waals surface area contributed by atoms with E-state index in [1.165, 1.54) is 16.0 Å². The lowest BCUT2D eigenvalue weighted by Gasteiger charge is -2.02. The van der Waals surface area contributed by atoms with Crippen LogP contribution in [0, 0.1) is 6.92 Å². The van der Waals surface area contributed by atoms with Crippen LogP contribution in [0.5, 0.6) is 0 Å². The molecule has 17 heavy (non-hydrogen) atoms. The molecule has 1 heterocycles. The first-order valence-electron chi connectivity index (χ1n) is 5.89. The van der Waals surface area contributed by atoms with Crippen molar-refractivity contribution < 1.29 is 0 Å². The van der Waals surface area contributed by atoms with E-state index in [9.17, 15) is 0 Å². The van der Waals surface area contributed by atoms with Crippen molar-refractivity contribution in [2.24, 2.45) is 5.73 Å². The van der Waals surface area contributed by atoms with E-state index in [2.05, 4.69) is 45.0 Å². The molecule has 2 N–H and O–H groups in total. The Labute approximate surface area is 107 Å². The average molecular weight is 246 g/mol. The molecule has 0 aliphatic rings. The molecule has 0 amide bonds. The average Bonchev–Trinajstić information content (AvgIpc) is 2.73. The van der Waals surface area contributed by atoms with E-state index in [0.29, 0.717) is 12.5 Å². The van der Waals surface area contributed by atoms with E-state index in [1.54, 1.807) is 11.3 Å². The van der Waals surface area contributed by atoms with Gasteiger partial charge in [0.2, 0.25) is 0 Å². The standard InChI is InChI=1S/C14H18N2S/c1-9(2)13-12(8-15)17-14(16-13)11-7-5-4-6-10(11)3/h4-7,9H,8,15H2,1-3H3. The smallest absolute Gasteiger partial charge is 0.124 e. The van der Waals surface area contributed by atoms with Crippen molar-refractivity contribution in [3.63, 3.8) is 0 Å². The normalized spacial score (nSPS) is 11.1. The van der Waals surface area contributed by atoms with Gasteiger partial charge in [-0.2, -0.15) is 0 Å². The lowest BCUT2D eigenvalue weighted by molar-refractivity contribution is 0.814. The van der Waals surface area contributed by atoms with E-state index >= 15 is 0 Å². The van der Waals surface area contributed by atoms with Crippen LogP contribution in [0.15, 0.2) is 24.3 Å². The highest BCUT2D eigenvalue weighted by atomic mass is 32.1. The zero-order valence-electron chi connectivity index (χ0n) is 10.5. The summed E-state index contributed by atoms with van der Waals surface area (Å²) in [5, 5.41) is 1.09. The topological polar surface area (TPSA) is 38.9 Å². The summed E-state index contributed by atoms with van der Waals surface area (Å²) in [4.78, 5) is 5.96. The number of hydrogen-bond acceptors (Lipinski definition) is 3. The molecule has 3 heteroatoms. The molecule has 0 spiro atoms. The van der Waals surface area contributed by atoms with Crippen LogP contribution in [0.4, 0.5) is 0 Å². The minimum atomic E-state index is 0.433. The highest BCUT2D eigenvalue weighted by Gasteiger charge is 2.14. The quantitative estimate of drug-likeness (QED) is 0.896. The number of nitrogens with zero attached hydrogens (tertiary/aromatic N) is 1. The van der Waals surface area contributed by atoms with Crippen LogP contribution in [0.3, 0.4) is 0 Å². The second kappa shape index (κ2) is 4.98. The first-order valence-corrected chi connectivity index (χ1v) is 6.70. The number of rotatable bonds is 3. The Balaban J connectivity index is 2.51. The van der Waals surface area contributed by atoms with Crippen LogP contribution in [0.1, 0.15) is 35.9 Å². The highest BCUT2D eigenvalue weighted by molar-refractivity contribution is 7.15. The maximum atomic E-state index is 5.79. The first kappa shape index (κ1) is 12.3. The predicted octanol–water partition coefficient (Wildman–Crippen LogP) is 3.70. The molecular weight excluding hydrogens is 228 g/mol. The Morgan fingerprint density at radius 2 is 2.00 bits per heavy atom. The number of aryl methyl sites for hydroxylation is 1. The summed E-state index contributed by atoms with van der Waals surface area (Å²) in [5.74, 6) is 0.433. The van der Waals surface area contributed by atoms with Gasteiger partial charge in [0.25, 0.3) is 0 Å². The summed E-state index contributed by atoms with van der Waals surface area (Å²) in [6.45, 7) is 7.02. The van der Waals surface area contributed by atoms with Gasteiger partial charge in [0.15, 0.2) is 0 Å². The molecule has 0 atom stereocenters. The molecule has 1 aromatic carbocycles. The van der Waals surface area contributed by atoms with Crippen LogP contribution in [0.2, 0.25) is 0 Å². The van der Waals surface area contributed by atoms with Gasteiger partial charge in [-0.1, -0.05) is 38.1 Å². The van der Waals surface area contributed by atoms with Gasteiger partial charge >= 0.3 is 0 Å². The highest BCUT2D eigenvalue weighted by Crippen LogP contribution is 2.32. The lowest BCUT2D eigenvalue weighted by atomic mass is 10.1. The van der Waals surface area contributed by atoms with Crippen LogP contribution in [-0.2, 0) is 6.54 Å². The third-order valence-electron chi connectivity index (χ3n) is 2.84. The number of hydrogen-bond donors (Lipinski definition) is 1. The van der Waals surface area contributed by atoms with E-state index in [0.717, 1.165) is 10.7 Å². The molecule has 0 saturated heterocycles. The third-order valence-corrected chi connectivity index (χ3v) is 3.96. The van der Waals surface area contributed by atoms with Gasteiger partial charge in [-0.05, 0) is 18.4 Å². The first-order chi connectivity index (χ1) is 8.13. The van der Waals surface area contributed by atoms with Crippen molar-refractivity contribution in [1.82, 2.24) is 4.98 Å². The zero-order chi connectivity index (χ0) is 12.4. The van der Waals surface area contributed by atoms with Crippen LogP contribution in [-0.4, -0.2) is 4.98 Å². The van der Waals surface area contributed by atoms with E-state index in [1.807, 2.05) is 0 Å². The largest absolute Gasteiger partial charge is 0.326 e. The SMILES string of the molecule is Cc1ccccc1-c1nc(C(C)C)c(CN)s1. The monoisotopic (exact) mass is 246 g/mol. The van der Waals surface area contributed by atoms with Gasteiger partial charge in [-0.3, -0.25) is 0 Å². The van der Waals surface area contributed by atoms with Crippen molar-refractivity contribution in [1.29, 1.82) is 0 Å². The Hall–Kier alpha value is -1.19. The second-order valence-electron chi connectivity index (χ2n) is 4.50. The minimum Gasteiger partial charge on any atom is -0.326 e. The van der Waals surface area contributed by atoms with Crippen molar-refractivity contribution >= 4 is 11.3 Å². The molecule has 0 bridgehead atoms. The molecule has 2 aromatic rings. The minimum absolute atomic E-state index is 0.433. The van der Waals surface area contributed by atoms with Crippen LogP contribution >= 0.6 is 11.3 Å². The summed E-state index contributed by atoms with van der Waals surface area (Å²) in [6, 6.07) is 8.35. The maximum Gasteiger partial charge on any atom is 0.124 e. The third kappa shape index (κ3) is 2.40. The van der Waals surface area contributed by atoms with Gasteiger partial charge in [-0.15, -0.1) is 11.3 Å². The predicted molar refractivity (Wildman–Crippen MR) is 74.3 cm³/mol. The molecule has 0 saturated carbocycles. The summed E-state index contributed by atoms with van der Waals surface area (Å²) in [6.07, 6.45) is 0. The number of thiazole rings is 1. The van der Waals surface area contributed by atoms with Crippen LogP contribution < -0.4 is 5.73 Å². The van der Waals surface area contributed by atoms with E-state index in [-0.39, 0.29) is 0 Å². The summed E-state index contributed by atoms with van der Waals surface area (Å²) in [7, 11) is 0. The van der Waals surface area contributed by atoms with Crippen molar-refractivity contribution in [3.8, 4) is 10.6 Å². The van der Waals surface area contributed by atoms with Crippen LogP contribution in [0.25, 0.3) is 10.6 Å². The summed E-state index contributed by atoms with van der Waals surface area (Å²) >= 11 is 1.72. The Morgan fingerprint density at radius 3 is 2.53 bits per heavy atom. The van der Waals surface area contributed by atoms with Gasteiger partial charge in [0.1, 0.15) is 5.01 Å². The number of aromatic nitrogens is 1. The van der Waals surface area contributed by atoms with Gasteiger partial charge in [-0.25, -0.2) is 4.98 Å². The molecule has 2 rings (SSSR count). The molecule has 0 aliphatic carbocycles. The molecule has 0 unspecified atom stereocenters. The second-order valence-corrected chi connectivity index (χ2v) is 5.58. The molecule has 90 valence electrons. The molecule has 1 aromatic heterocycles. The van der Waals surface area contributed by atoms with Crippen molar-refractivity contribution in [2.45, 2.75) is 33.2 Å². The van der Waals surface area contributed by atoms with Gasteiger partial charge in [0, 0.05) is 17.0 Å². The maximum absolute atomic E-state index is 5.79. The van der Waals surface area contributed by atoms with E-state index in [4.69, 9.17) is 10.7 Å². The number of nitrogens with two attached hydrogens (primary N) is 1. The molecule has 0 fully saturated rings. The van der Waals surface area contributed by atoms with Gasteiger partial charge in [0.05, 0.1) is 5.69 Å². The molecular formula is C14H18N2S. The Kier molecular flexibility index (Phi) is 3.60. The Morgan fingerprint density at radius 1 is 1.29 bits per heavy atom. The fourth-order valence-electron chi connectivity index (χ4n) is 1.89. The molecule has 0 radical (unpaired) electrons. The number of benzene rings is 1. The molecule has 2 nitrogen and oxygen atoms in total. The fourth-order valence-corrected chi connectivity index (χ4v) is 3.07. The Bertz CT molecular complexity index is 515. The van der Waals surface area contributed by atoms with Crippen molar-refractivity contribution in [2.75, 3.05) is 0 Å². The van der Waals surface area contributed by atoms with Crippen molar-refractivity contribution in [3.05, 3.63) is 40.4 Å². The zero-order valence-corrected chi connectivity index (χ0v) is 11.3. The van der Waals surface area contributed by atoms with Gasteiger partial charge < -0.3 is 5.73 Å². The summed E-state index contributed by atoms with van der Waals surface area (Å²) < 4.78 is 0.